The fourth-order valence-electron chi connectivity index (χ4n) is 2.39. The van der Waals surface area contributed by atoms with Crippen molar-refractivity contribution in [2.24, 2.45) is 10.9 Å². The van der Waals surface area contributed by atoms with Gasteiger partial charge in [-0.25, -0.2) is 4.99 Å². The Bertz CT molecular complexity index is 652. The van der Waals surface area contributed by atoms with Gasteiger partial charge in [0.25, 0.3) is 0 Å². The summed E-state index contributed by atoms with van der Waals surface area (Å²) in [6, 6.07) is 10.1. The molecule has 0 saturated carbocycles. The normalized spacial score (nSPS) is 11.6. The van der Waals surface area contributed by atoms with Crippen LogP contribution in [0.5, 0.6) is 5.75 Å². The molecule has 0 fully saturated rings. The SMILES string of the molecule is CCNC(=NCc1cccc(OCC(C)C)c1)NCCCn1cccn1. The second kappa shape index (κ2) is 11.2. The molecule has 142 valence electrons. The number of aliphatic imine (C=N–C) groups is 1. The average Bonchev–Trinajstić information content (AvgIpc) is 3.15. The van der Waals surface area contributed by atoms with E-state index < -0.39 is 0 Å². The van der Waals surface area contributed by atoms with E-state index in [1.54, 1.807) is 6.20 Å². The largest absolute Gasteiger partial charge is 0.493 e. The maximum Gasteiger partial charge on any atom is 0.191 e. The van der Waals surface area contributed by atoms with Crippen molar-refractivity contribution >= 4 is 5.96 Å². The molecule has 0 bridgehead atoms. The molecule has 26 heavy (non-hydrogen) atoms. The summed E-state index contributed by atoms with van der Waals surface area (Å²) in [7, 11) is 0. The first-order chi connectivity index (χ1) is 12.7. The van der Waals surface area contributed by atoms with Crippen LogP contribution in [0.4, 0.5) is 0 Å². The first-order valence-electron chi connectivity index (χ1n) is 9.38. The molecule has 1 heterocycles. The van der Waals surface area contributed by atoms with Crippen molar-refractivity contribution in [3.05, 3.63) is 48.3 Å². The summed E-state index contributed by atoms with van der Waals surface area (Å²) in [4.78, 5) is 4.67. The first kappa shape index (κ1) is 19.8. The van der Waals surface area contributed by atoms with E-state index in [-0.39, 0.29) is 0 Å². The summed E-state index contributed by atoms with van der Waals surface area (Å²) in [5, 5.41) is 10.9. The van der Waals surface area contributed by atoms with E-state index in [1.165, 1.54) is 0 Å². The van der Waals surface area contributed by atoms with Crippen LogP contribution >= 0.6 is 0 Å². The van der Waals surface area contributed by atoms with Crippen molar-refractivity contribution in [2.75, 3.05) is 19.7 Å². The molecule has 1 aromatic carbocycles. The molecule has 6 nitrogen and oxygen atoms in total. The Morgan fingerprint density at radius 3 is 2.88 bits per heavy atom. The molecule has 1 aromatic heterocycles. The maximum absolute atomic E-state index is 5.79. The second-order valence-corrected chi connectivity index (χ2v) is 6.60. The second-order valence-electron chi connectivity index (χ2n) is 6.60. The molecule has 0 aliphatic carbocycles. The van der Waals surface area contributed by atoms with Gasteiger partial charge in [-0.3, -0.25) is 4.68 Å². The number of nitrogens with zero attached hydrogens (tertiary/aromatic N) is 3. The van der Waals surface area contributed by atoms with Gasteiger partial charge < -0.3 is 15.4 Å². The molecule has 2 N–H and O–H groups in total. The molecule has 0 unspecified atom stereocenters. The van der Waals surface area contributed by atoms with E-state index in [9.17, 15) is 0 Å². The third-order valence-electron chi connectivity index (χ3n) is 3.66. The number of hydrogen-bond acceptors (Lipinski definition) is 3. The number of nitrogens with one attached hydrogen (secondary N) is 2. The van der Waals surface area contributed by atoms with Crippen LogP contribution < -0.4 is 15.4 Å². The highest BCUT2D eigenvalue weighted by atomic mass is 16.5. The highest BCUT2D eigenvalue weighted by molar-refractivity contribution is 5.79. The van der Waals surface area contributed by atoms with Crippen LogP contribution in [0.2, 0.25) is 0 Å². The van der Waals surface area contributed by atoms with Gasteiger partial charge in [0.2, 0.25) is 0 Å². The Kier molecular flexibility index (Phi) is 8.52. The minimum Gasteiger partial charge on any atom is -0.493 e. The van der Waals surface area contributed by atoms with Crippen LogP contribution in [0.15, 0.2) is 47.7 Å². The Hall–Kier alpha value is -2.50. The van der Waals surface area contributed by atoms with Gasteiger partial charge in [-0.1, -0.05) is 26.0 Å². The zero-order valence-corrected chi connectivity index (χ0v) is 16.1. The van der Waals surface area contributed by atoms with Crippen molar-refractivity contribution in [1.29, 1.82) is 0 Å². The Balaban J connectivity index is 1.82. The average molecular weight is 358 g/mol. The highest BCUT2D eigenvalue weighted by Gasteiger charge is 2.01. The quantitative estimate of drug-likeness (QED) is 0.390. The molecule has 0 spiro atoms. The summed E-state index contributed by atoms with van der Waals surface area (Å²) in [5.74, 6) is 2.26. The van der Waals surface area contributed by atoms with Gasteiger partial charge in [-0.15, -0.1) is 0 Å². The molecule has 0 amide bonds. The summed E-state index contributed by atoms with van der Waals surface area (Å²) < 4.78 is 7.73. The lowest BCUT2D eigenvalue weighted by Gasteiger charge is -2.12. The predicted octanol–water partition coefficient (Wildman–Crippen LogP) is 3.06. The fraction of sp³-hybridized carbons (Fsp3) is 0.500. The predicted molar refractivity (Wildman–Crippen MR) is 106 cm³/mol. The summed E-state index contributed by atoms with van der Waals surface area (Å²) in [5.41, 5.74) is 1.14. The van der Waals surface area contributed by atoms with Crippen molar-refractivity contribution < 1.29 is 4.74 Å². The lowest BCUT2D eigenvalue weighted by molar-refractivity contribution is 0.271. The van der Waals surface area contributed by atoms with Gasteiger partial charge in [0.1, 0.15) is 5.75 Å². The van der Waals surface area contributed by atoms with Gasteiger partial charge in [-0.05, 0) is 43.0 Å². The van der Waals surface area contributed by atoms with Crippen LogP contribution in [0.25, 0.3) is 0 Å². The Morgan fingerprint density at radius 1 is 1.27 bits per heavy atom. The van der Waals surface area contributed by atoms with Crippen molar-refractivity contribution in [3.63, 3.8) is 0 Å². The number of benzene rings is 1. The van der Waals surface area contributed by atoms with Crippen LogP contribution in [0.1, 0.15) is 32.8 Å². The molecule has 2 rings (SSSR count). The van der Waals surface area contributed by atoms with Crippen molar-refractivity contribution in [1.82, 2.24) is 20.4 Å². The number of aromatic nitrogens is 2. The van der Waals surface area contributed by atoms with Gasteiger partial charge in [-0.2, -0.15) is 5.10 Å². The van der Waals surface area contributed by atoms with Gasteiger partial charge in [0.15, 0.2) is 5.96 Å². The highest BCUT2D eigenvalue weighted by Crippen LogP contribution is 2.15. The van der Waals surface area contributed by atoms with E-state index in [2.05, 4.69) is 53.6 Å². The number of aryl methyl sites for hydroxylation is 1. The van der Waals surface area contributed by atoms with Crippen LogP contribution in [-0.2, 0) is 13.1 Å². The van der Waals surface area contributed by atoms with Crippen LogP contribution in [0.3, 0.4) is 0 Å². The molecule has 0 aliphatic heterocycles. The maximum atomic E-state index is 5.79. The summed E-state index contributed by atoms with van der Waals surface area (Å²) in [6.45, 7) is 10.3. The lowest BCUT2D eigenvalue weighted by Crippen LogP contribution is -2.38. The lowest BCUT2D eigenvalue weighted by atomic mass is 10.2. The van der Waals surface area contributed by atoms with Crippen LogP contribution in [-0.4, -0.2) is 35.4 Å². The van der Waals surface area contributed by atoms with E-state index in [0.29, 0.717) is 12.5 Å². The zero-order valence-electron chi connectivity index (χ0n) is 16.1. The molecule has 0 aliphatic rings. The van der Waals surface area contributed by atoms with Crippen LogP contribution in [0, 0.1) is 5.92 Å². The molecule has 0 saturated heterocycles. The number of ether oxygens (including phenoxy) is 1. The van der Waals surface area contributed by atoms with E-state index in [0.717, 1.165) is 49.9 Å². The number of guanidine groups is 1. The molecular weight excluding hydrogens is 326 g/mol. The monoisotopic (exact) mass is 357 g/mol. The molecule has 0 radical (unpaired) electrons. The van der Waals surface area contributed by atoms with Gasteiger partial charge >= 0.3 is 0 Å². The van der Waals surface area contributed by atoms with Crippen molar-refractivity contribution in [2.45, 2.75) is 40.3 Å². The van der Waals surface area contributed by atoms with Crippen molar-refractivity contribution in [3.8, 4) is 5.75 Å². The standard InChI is InChI=1S/C20H31N5O/c1-4-21-20(22-10-6-12-25-13-7-11-24-25)23-15-18-8-5-9-19(14-18)26-16-17(2)3/h5,7-9,11,13-14,17H,4,6,10,12,15-16H2,1-3H3,(H2,21,22,23). The molecule has 0 atom stereocenters. The Labute approximate surface area is 156 Å². The van der Waals surface area contributed by atoms with E-state index in [4.69, 9.17) is 4.74 Å². The molecular formula is C20H31N5O. The third kappa shape index (κ3) is 7.59. The smallest absolute Gasteiger partial charge is 0.191 e. The summed E-state index contributed by atoms with van der Waals surface area (Å²) >= 11 is 0. The molecule has 6 heteroatoms. The van der Waals surface area contributed by atoms with Gasteiger partial charge in [0, 0.05) is 32.0 Å². The van der Waals surface area contributed by atoms with E-state index in [1.807, 2.05) is 29.1 Å². The topological polar surface area (TPSA) is 63.5 Å². The zero-order chi connectivity index (χ0) is 18.6. The number of hydrogen-bond donors (Lipinski definition) is 2. The number of rotatable bonds is 10. The first-order valence-corrected chi connectivity index (χ1v) is 9.38. The summed E-state index contributed by atoms with van der Waals surface area (Å²) in [6.07, 6.45) is 4.77. The minimum atomic E-state index is 0.517. The molecule has 2 aromatic rings. The minimum absolute atomic E-state index is 0.517. The third-order valence-corrected chi connectivity index (χ3v) is 3.66. The Morgan fingerprint density at radius 2 is 2.15 bits per heavy atom. The fourth-order valence-corrected chi connectivity index (χ4v) is 2.39. The van der Waals surface area contributed by atoms with E-state index >= 15 is 0 Å². The van der Waals surface area contributed by atoms with Gasteiger partial charge in [0.05, 0.1) is 13.2 Å².